The molecule has 104 valence electrons. The standard InChI is InChI=1S/C12H7Cl2F2N3O/c1-19-11(20-12(15)16)9(14)10(18-19)7-3-2-6(5-17)4-8(7)13/h2-4,12H,1H3. The molecule has 2 rings (SSSR count). The van der Waals surface area contributed by atoms with Crippen molar-refractivity contribution in [2.45, 2.75) is 6.61 Å². The fourth-order valence-electron chi connectivity index (χ4n) is 1.64. The summed E-state index contributed by atoms with van der Waals surface area (Å²) in [5, 5.41) is 12.9. The zero-order valence-electron chi connectivity index (χ0n) is 10.1. The van der Waals surface area contributed by atoms with Crippen LogP contribution in [0.5, 0.6) is 5.88 Å². The first kappa shape index (κ1) is 14.6. The summed E-state index contributed by atoms with van der Waals surface area (Å²) in [6.07, 6.45) is 0. The molecular weight excluding hydrogens is 311 g/mol. The normalized spacial score (nSPS) is 10.7. The Labute approximate surface area is 123 Å². The average Bonchev–Trinajstić information content (AvgIpc) is 2.66. The van der Waals surface area contributed by atoms with E-state index < -0.39 is 6.61 Å². The van der Waals surface area contributed by atoms with Gasteiger partial charge in [0.15, 0.2) is 0 Å². The molecule has 0 aliphatic heterocycles. The Morgan fingerprint density at radius 2 is 2.10 bits per heavy atom. The minimum absolute atomic E-state index is 0.0700. The lowest BCUT2D eigenvalue weighted by atomic mass is 10.1. The highest BCUT2D eigenvalue weighted by atomic mass is 35.5. The van der Waals surface area contributed by atoms with Crippen molar-refractivity contribution in [3.63, 3.8) is 0 Å². The number of nitriles is 1. The smallest absolute Gasteiger partial charge is 0.388 e. The van der Waals surface area contributed by atoms with Crippen LogP contribution in [0.1, 0.15) is 5.56 Å². The summed E-state index contributed by atoms with van der Waals surface area (Å²) in [4.78, 5) is 0. The van der Waals surface area contributed by atoms with Crippen molar-refractivity contribution >= 4 is 23.2 Å². The Balaban J connectivity index is 2.52. The molecule has 1 heterocycles. The first-order valence-electron chi connectivity index (χ1n) is 5.31. The van der Waals surface area contributed by atoms with Gasteiger partial charge in [-0.15, -0.1) is 0 Å². The molecule has 0 spiro atoms. The second-order valence-corrected chi connectivity index (χ2v) is 4.56. The molecule has 0 amide bonds. The number of rotatable bonds is 3. The third kappa shape index (κ3) is 2.69. The first-order valence-corrected chi connectivity index (χ1v) is 6.07. The molecule has 20 heavy (non-hydrogen) atoms. The molecule has 0 N–H and O–H groups in total. The number of benzene rings is 1. The molecule has 0 aliphatic carbocycles. The molecule has 0 fully saturated rings. The average molecular weight is 318 g/mol. The quantitative estimate of drug-likeness (QED) is 0.863. The Hall–Kier alpha value is -1.84. The molecule has 0 bridgehead atoms. The molecule has 0 atom stereocenters. The number of ether oxygens (including phenoxy) is 1. The van der Waals surface area contributed by atoms with Crippen LogP contribution in [-0.4, -0.2) is 16.4 Å². The van der Waals surface area contributed by atoms with Crippen LogP contribution in [0.3, 0.4) is 0 Å². The minimum Gasteiger partial charge on any atom is -0.416 e. The van der Waals surface area contributed by atoms with E-state index >= 15 is 0 Å². The van der Waals surface area contributed by atoms with Gasteiger partial charge in [-0.2, -0.15) is 19.1 Å². The van der Waals surface area contributed by atoms with Gasteiger partial charge in [-0.3, -0.25) is 0 Å². The van der Waals surface area contributed by atoms with Gasteiger partial charge >= 0.3 is 6.61 Å². The van der Waals surface area contributed by atoms with Crippen LogP contribution in [0, 0.1) is 11.3 Å². The maximum Gasteiger partial charge on any atom is 0.388 e. The van der Waals surface area contributed by atoms with E-state index in [9.17, 15) is 8.78 Å². The van der Waals surface area contributed by atoms with Crippen LogP contribution in [0.2, 0.25) is 10.0 Å². The summed E-state index contributed by atoms with van der Waals surface area (Å²) in [6.45, 7) is -3.01. The van der Waals surface area contributed by atoms with Crippen molar-refractivity contribution in [1.29, 1.82) is 5.26 Å². The monoisotopic (exact) mass is 317 g/mol. The largest absolute Gasteiger partial charge is 0.416 e. The summed E-state index contributed by atoms with van der Waals surface area (Å²) in [7, 11) is 1.42. The van der Waals surface area contributed by atoms with Gasteiger partial charge < -0.3 is 4.74 Å². The number of halogens is 4. The lowest BCUT2D eigenvalue weighted by molar-refractivity contribution is -0.0552. The van der Waals surface area contributed by atoms with Crippen molar-refractivity contribution in [1.82, 2.24) is 9.78 Å². The van der Waals surface area contributed by atoms with E-state index in [4.69, 9.17) is 28.5 Å². The number of alkyl halides is 2. The number of aryl methyl sites for hydroxylation is 1. The third-order valence-electron chi connectivity index (χ3n) is 2.49. The van der Waals surface area contributed by atoms with Gasteiger partial charge in [-0.05, 0) is 18.2 Å². The number of nitrogens with zero attached hydrogens (tertiary/aromatic N) is 3. The van der Waals surface area contributed by atoms with E-state index in [0.717, 1.165) is 4.68 Å². The molecule has 4 nitrogen and oxygen atoms in total. The van der Waals surface area contributed by atoms with E-state index in [2.05, 4.69) is 9.84 Å². The highest BCUT2D eigenvalue weighted by molar-refractivity contribution is 6.37. The number of aromatic nitrogens is 2. The van der Waals surface area contributed by atoms with Gasteiger partial charge in [0.2, 0.25) is 5.88 Å². The Bertz CT molecular complexity index is 695. The lowest BCUT2D eigenvalue weighted by Crippen LogP contribution is -2.06. The highest BCUT2D eigenvalue weighted by Gasteiger charge is 2.21. The molecule has 2 aromatic rings. The molecule has 0 saturated heterocycles. The van der Waals surface area contributed by atoms with Gasteiger partial charge in [0.25, 0.3) is 0 Å². The van der Waals surface area contributed by atoms with Crippen LogP contribution in [0.4, 0.5) is 8.78 Å². The summed E-state index contributed by atoms with van der Waals surface area (Å²) in [5.74, 6) is -0.253. The van der Waals surface area contributed by atoms with Crippen LogP contribution >= 0.6 is 23.2 Å². The van der Waals surface area contributed by atoms with Crippen LogP contribution in [-0.2, 0) is 7.05 Å². The highest BCUT2D eigenvalue weighted by Crippen LogP contribution is 2.38. The summed E-state index contributed by atoms with van der Waals surface area (Å²) >= 11 is 12.0. The number of hydrogen-bond acceptors (Lipinski definition) is 3. The van der Waals surface area contributed by atoms with Crippen molar-refractivity contribution in [3.8, 4) is 23.2 Å². The summed E-state index contributed by atoms with van der Waals surface area (Å²) in [6, 6.07) is 6.45. The molecule has 1 aromatic heterocycles. The van der Waals surface area contributed by atoms with Crippen LogP contribution < -0.4 is 4.74 Å². The lowest BCUT2D eigenvalue weighted by Gasteiger charge is -2.04. The second-order valence-electron chi connectivity index (χ2n) is 3.78. The van der Waals surface area contributed by atoms with E-state index in [0.29, 0.717) is 11.1 Å². The molecule has 1 aromatic carbocycles. The fraction of sp³-hybridized carbons (Fsp3) is 0.167. The predicted molar refractivity (Wildman–Crippen MR) is 70.0 cm³/mol. The topological polar surface area (TPSA) is 50.8 Å². The fourth-order valence-corrected chi connectivity index (χ4v) is 2.22. The van der Waals surface area contributed by atoms with Crippen LogP contribution in [0.25, 0.3) is 11.3 Å². The maximum absolute atomic E-state index is 12.3. The molecule has 0 unspecified atom stereocenters. The first-order chi connectivity index (χ1) is 9.43. The Morgan fingerprint density at radius 1 is 1.40 bits per heavy atom. The summed E-state index contributed by atoms with van der Waals surface area (Å²) in [5.41, 5.74) is 1.00. The van der Waals surface area contributed by atoms with Gasteiger partial charge in [0.05, 0.1) is 16.7 Å². The maximum atomic E-state index is 12.3. The van der Waals surface area contributed by atoms with Gasteiger partial charge in [-0.25, -0.2) is 4.68 Å². The van der Waals surface area contributed by atoms with E-state index in [1.165, 1.54) is 19.2 Å². The van der Waals surface area contributed by atoms with Crippen LogP contribution in [0.15, 0.2) is 18.2 Å². The third-order valence-corrected chi connectivity index (χ3v) is 3.15. The Kier molecular flexibility index (Phi) is 4.12. The van der Waals surface area contributed by atoms with E-state index in [1.54, 1.807) is 6.07 Å². The predicted octanol–water partition coefficient (Wildman–Crippen LogP) is 3.87. The van der Waals surface area contributed by atoms with Gasteiger partial charge in [0, 0.05) is 12.6 Å². The van der Waals surface area contributed by atoms with Gasteiger partial charge in [-0.1, -0.05) is 23.2 Å². The molecule has 0 radical (unpaired) electrons. The molecule has 0 aliphatic rings. The second kappa shape index (κ2) is 5.65. The molecule has 0 saturated carbocycles. The van der Waals surface area contributed by atoms with Gasteiger partial charge in [0.1, 0.15) is 10.7 Å². The SMILES string of the molecule is Cn1nc(-c2ccc(C#N)cc2Cl)c(Cl)c1OC(F)F. The minimum atomic E-state index is -3.01. The van der Waals surface area contributed by atoms with Crippen molar-refractivity contribution in [2.24, 2.45) is 7.05 Å². The number of hydrogen-bond donors (Lipinski definition) is 0. The van der Waals surface area contributed by atoms with E-state index in [1.807, 2.05) is 6.07 Å². The summed E-state index contributed by atoms with van der Waals surface area (Å²) < 4.78 is 30.0. The van der Waals surface area contributed by atoms with Crippen molar-refractivity contribution in [2.75, 3.05) is 0 Å². The molecule has 8 heteroatoms. The Morgan fingerprint density at radius 3 is 2.65 bits per heavy atom. The van der Waals surface area contributed by atoms with Crippen molar-refractivity contribution < 1.29 is 13.5 Å². The zero-order valence-corrected chi connectivity index (χ0v) is 11.6. The zero-order chi connectivity index (χ0) is 14.9. The molecular formula is C12H7Cl2F2N3O. The van der Waals surface area contributed by atoms with E-state index in [-0.39, 0.29) is 21.6 Å². The van der Waals surface area contributed by atoms with Crippen molar-refractivity contribution in [3.05, 3.63) is 33.8 Å².